The van der Waals surface area contributed by atoms with Gasteiger partial charge in [0.05, 0.1) is 11.9 Å². The van der Waals surface area contributed by atoms with Gasteiger partial charge in [0, 0.05) is 25.8 Å². The van der Waals surface area contributed by atoms with Gasteiger partial charge in [0.1, 0.15) is 5.82 Å². The number of pyridine rings is 1. The van der Waals surface area contributed by atoms with Crippen molar-refractivity contribution >= 4 is 17.8 Å². The zero-order valence-corrected chi connectivity index (χ0v) is 15.4. The van der Waals surface area contributed by atoms with Crippen molar-refractivity contribution in [2.24, 2.45) is 0 Å². The Hall–Kier alpha value is -3.19. The van der Waals surface area contributed by atoms with Crippen LogP contribution in [0.5, 0.6) is 0 Å². The summed E-state index contributed by atoms with van der Waals surface area (Å²) >= 11 is 0. The van der Waals surface area contributed by atoms with E-state index < -0.39 is 11.9 Å². The highest BCUT2D eigenvalue weighted by atomic mass is 16.4. The molecule has 0 bridgehead atoms. The van der Waals surface area contributed by atoms with E-state index in [1.165, 1.54) is 5.56 Å². The lowest BCUT2D eigenvalue weighted by Gasteiger charge is -2.25. The summed E-state index contributed by atoms with van der Waals surface area (Å²) in [6, 6.07) is 16.6. The molecular weight excluding hydrogens is 346 g/mol. The Morgan fingerprint density at radius 3 is 2.00 bits per heavy atom. The SMILES string of the molecule is CN(C)CCN(Cc1ccccc1)c1ccccn1.O=C([O-])/C=C\C(=O)[O-]. The molecule has 0 atom stereocenters. The Morgan fingerprint density at radius 1 is 0.926 bits per heavy atom. The largest absolute Gasteiger partial charge is 0.545 e. The average molecular weight is 369 g/mol. The van der Waals surface area contributed by atoms with E-state index in [1.807, 2.05) is 18.3 Å². The van der Waals surface area contributed by atoms with Crippen LogP contribution in [0.15, 0.2) is 66.9 Å². The molecule has 0 saturated heterocycles. The van der Waals surface area contributed by atoms with Gasteiger partial charge in [-0.2, -0.15) is 0 Å². The molecule has 2 rings (SSSR count). The Labute approximate surface area is 159 Å². The van der Waals surface area contributed by atoms with Crippen LogP contribution in [0.25, 0.3) is 0 Å². The van der Waals surface area contributed by atoms with Crippen molar-refractivity contribution in [3.8, 4) is 0 Å². The van der Waals surface area contributed by atoms with Crippen LogP contribution >= 0.6 is 0 Å². The van der Waals surface area contributed by atoms with Crippen LogP contribution in [0.1, 0.15) is 5.56 Å². The lowest BCUT2D eigenvalue weighted by molar-refractivity contribution is -0.301. The monoisotopic (exact) mass is 369 g/mol. The molecule has 27 heavy (non-hydrogen) atoms. The molecule has 0 amide bonds. The second-order valence-corrected chi connectivity index (χ2v) is 5.87. The first-order valence-corrected chi connectivity index (χ1v) is 8.33. The molecule has 0 N–H and O–H groups in total. The number of anilines is 1. The van der Waals surface area contributed by atoms with Crippen LogP contribution in [0, 0.1) is 0 Å². The Morgan fingerprint density at radius 2 is 1.52 bits per heavy atom. The number of hydrogen-bond donors (Lipinski definition) is 0. The van der Waals surface area contributed by atoms with Gasteiger partial charge in [-0.05, 0) is 43.9 Å². The molecule has 0 spiro atoms. The predicted molar refractivity (Wildman–Crippen MR) is 99.4 cm³/mol. The van der Waals surface area contributed by atoms with Gasteiger partial charge in [0.25, 0.3) is 0 Å². The van der Waals surface area contributed by atoms with Crippen molar-refractivity contribution in [1.29, 1.82) is 0 Å². The predicted octanol–water partition coefficient (Wildman–Crippen LogP) is -0.308. The number of hydrogen-bond acceptors (Lipinski definition) is 7. The van der Waals surface area contributed by atoms with Gasteiger partial charge in [0.2, 0.25) is 0 Å². The number of rotatable bonds is 8. The first-order chi connectivity index (χ1) is 12.9. The number of aromatic nitrogens is 1. The number of aliphatic carboxylic acids is 2. The zero-order valence-electron chi connectivity index (χ0n) is 15.4. The first-order valence-electron chi connectivity index (χ1n) is 8.33. The number of nitrogens with zero attached hydrogens (tertiary/aromatic N) is 3. The smallest absolute Gasteiger partial charge is 0.128 e. The first kappa shape index (κ1) is 21.9. The minimum Gasteiger partial charge on any atom is -0.545 e. The van der Waals surface area contributed by atoms with Crippen LogP contribution in [0.2, 0.25) is 0 Å². The topological polar surface area (TPSA) is 99.6 Å². The van der Waals surface area contributed by atoms with E-state index in [4.69, 9.17) is 0 Å². The van der Waals surface area contributed by atoms with E-state index in [9.17, 15) is 19.8 Å². The minimum absolute atomic E-state index is 0.384. The van der Waals surface area contributed by atoms with Gasteiger partial charge in [-0.3, -0.25) is 0 Å². The maximum atomic E-state index is 9.41. The molecule has 7 heteroatoms. The van der Waals surface area contributed by atoms with Crippen molar-refractivity contribution in [1.82, 2.24) is 9.88 Å². The van der Waals surface area contributed by atoms with E-state index in [0.717, 1.165) is 25.5 Å². The van der Waals surface area contributed by atoms with E-state index in [-0.39, 0.29) is 0 Å². The zero-order chi connectivity index (χ0) is 20.1. The van der Waals surface area contributed by atoms with E-state index in [1.54, 1.807) is 0 Å². The third-order valence-electron chi connectivity index (χ3n) is 3.36. The number of carboxylic acids is 2. The number of carbonyl (C=O) groups excluding carboxylic acids is 2. The maximum absolute atomic E-state index is 9.41. The normalized spacial score (nSPS) is 10.3. The van der Waals surface area contributed by atoms with Crippen molar-refractivity contribution in [3.63, 3.8) is 0 Å². The van der Waals surface area contributed by atoms with Gasteiger partial charge in [0.15, 0.2) is 0 Å². The molecule has 0 fully saturated rings. The molecule has 0 saturated carbocycles. The van der Waals surface area contributed by atoms with Crippen molar-refractivity contribution < 1.29 is 19.8 Å². The molecule has 2 aromatic rings. The summed E-state index contributed by atoms with van der Waals surface area (Å²) in [5.41, 5.74) is 1.31. The van der Waals surface area contributed by atoms with Crippen LogP contribution in [0.4, 0.5) is 5.82 Å². The molecule has 144 valence electrons. The second-order valence-electron chi connectivity index (χ2n) is 5.87. The highest BCUT2D eigenvalue weighted by molar-refractivity contribution is 5.87. The van der Waals surface area contributed by atoms with Crippen LogP contribution in [-0.2, 0) is 16.1 Å². The van der Waals surface area contributed by atoms with Crippen LogP contribution in [-0.4, -0.2) is 49.0 Å². The molecule has 1 aromatic heterocycles. The van der Waals surface area contributed by atoms with E-state index in [2.05, 4.69) is 65.3 Å². The molecule has 1 heterocycles. The summed E-state index contributed by atoms with van der Waals surface area (Å²) < 4.78 is 0. The van der Waals surface area contributed by atoms with Crippen molar-refractivity contribution in [3.05, 3.63) is 72.4 Å². The Kier molecular flexibility index (Phi) is 9.88. The highest BCUT2D eigenvalue weighted by Gasteiger charge is 2.08. The van der Waals surface area contributed by atoms with Gasteiger partial charge in [-0.1, -0.05) is 36.4 Å². The summed E-state index contributed by atoms with van der Waals surface area (Å²) in [6.45, 7) is 2.88. The summed E-state index contributed by atoms with van der Waals surface area (Å²) in [5, 5.41) is 18.8. The lowest BCUT2D eigenvalue weighted by atomic mass is 10.2. The fraction of sp³-hybridized carbons (Fsp3) is 0.250. The number of carboxylic acid groups (broad SMARTS) is 2. The third kappa shape index (κ3) is 10.4. The quantitative estimate of drug-likeness (QED) is 0.589. The summed E-state index contributed by atoms with van der Waals surface area (Å²) in [6.07, 6.45) is 2.62. The minimum atomic E-state index is -1.55. The van der Waals surface area contributed by atoms with Crippen molar-refractivity contribution in [2.75, 3.05) is 32.1 Å². The standard InChI is InChI=1S/C16H21N3.C4H4O4/c1-18(2)12-13-19(16-10-6-7-11-17-16)14-15-8-4-3-5-9-15;5-3(6)1-2-4(7)8/h3-11H,12-14H2,1-2H3;1-2H,(H,5,6)(H,7,8)/p-2/b;2-1-. The van der Waals surface area contributed by atoms with Gasteiger partial charge >= 0.3 is 0 Å². The molecule has 0 aliphatic heterocycles. The van der Waals surface area contributed by atoms with E-state index >= 15 is 0 Å². The number of likely N-dealkylation sites (N-methyl/N-ethyl adjacent to an activating group) is 1. The average Bonchev–Trinajstić information content (AvgIpc) is 2.65. The molecule has 0 radical (unpaired) electrons. The van der Waals surface area contributed by atoms with Gasteiger partial charge in [-0.25, -0.2) is 4.98 Å². The molecule has 0 aliphatic rings. The summed E-state index contributed by atoms with van der Waals surface area (Å²) in [4.78, 5) is 27.8. The van der Waals surface area contributed by atoms with Gasteiger partial charge in [-0.15, -0.1) is 0 Å². The Bertz CT molecular complexity index is 703. The fourth-order valence-corrected chi connectivity index (χ4v) is 2.08. The molecule has 1 aromatic carbocycles. The molecular formula is C20H23N3O4-2. The lowest BCUT2D eigenvalue weighted by Crippen LogP contribution is -2.31. The number of benzene rings is 1. The van der Waals surface area contributed by atoms with Crippen LogP contribution in [0.3, 0.4) is 0 Å². The van der Waals surface area contributed by atoms with Crippen LogP contribution < -0.4 is 15.1 Å². The van der Waals surface area contributed by atoms with Gasteiger partial charge < -0.3 is 29.6 Å². The molecule has 0 unspecified atom stereocenters. The van der Waals surface area contributed by atoms with E-state index in [0.29, 0.717) is 12.2 Å². The summed E-state index contributed by atoms with van der Waals surface area (Å²) in [5.74, 6) is -2.06. The molecule has 0 aliphatic carbocycles. The Balaban J connectivity index is 0.000000387. The van der Waals surface area contributed by atoms with Crippen molar-refractivity contribution in [2.45, 2.75) is 6.54 Å². The summed E-state index contributed by atoms with van der Waals surface area (Å²) in [7, 11) is 4.19. The highest BCUT2D eigenvalue weighted by Crippen LogP contribution is 2.13. The maximum Gasteiger partial charge on any atom is 0.128 e. The molecule has 7 nitrogen and oxygen atoms in total. The number of carbonyl (C=O) groups is 2. The third-order valence-corrected chi connectivity index (χ3v) is 3.36. The fourth-order valence-electron chi connectivity index (χ4n) is 2.08. The second kappa shape index (κ2) is 12.2.